The lowest BCUT2D eigenvalue weighted by molar-refractivity contribution is 0.0875. The second kappa shape index (κ2) is 12.4. The summed E-state index contributed by atoms with van der Waals surface area (Å²) in [5.74, 6) is 0.547. The summed E-state index contributed by atoms with van der Waals surface area (Å²) >= 11 is 0. The van der Waals surface area contributed by atoms with Crippen LogP contribution >= 0.6 is 0 Å². The molecule has 0 aromatic heterocycles. The van der Waals surface area contributed by atoms with Gasteiger partial charge >= 0.3 is 0 Å². The van der Waals surface area contributed by atoms with Gasteiger partial charge in [0.25, 0.3) is 0 Å². The SMILES string of the molecule is CCCCCCCCC(O)C(CC)CCCC. The van der Waals surface area contributed by atoms with E-state index in [1.807, 2.05) is 0 Å². The highest BCUT2D eigenvalue weighted by Crippen LogP contribution is 2.21. The Balaban J connectivity index is 3.50. The molecule has 2 atom stereocenters. The van der Waals surface area contributed by atoms with Gasteiger partial charge in [-0.2, -0.15) is 0 Å². The molecule has 0 aliphatic carbocycles. The van der Waals surface area contributed by atoms with Crippen molar-refractivity contribution in [2.75, 3.05) is 0 Å². The maximum Gasteiger partial charge on any atom is 0.0568 e. The Kier molecular flexibility index (Phi) is 12.4. The van der Waals surface area contributed by atoms with Gasteiger partial charge in [-0.3, -0.25) is 0 Å². The van der Waals surface area contributed by atoms with Crippen molar-refractivity contribution < 1.29 is 5.11 Å². The summed E-state index contributed by atoms with van der Waals surface area (Å²) in [7, 11) is 0. The summed E-state index contributed by atoms with van der Waals surface area (Å²) in [5.41, 5.74) is 0. The van der Waals surface area contributed by atoms with Gasteiger partial charge in [0.2, 0.25) is 0 Å². The minimum atomic E-state index is -0.0438. The fourth-order valence-electron chi connectivity index (χ4n) is 2.50. The van der Waals surface area contributed by atoms with Crippen LogP contribution in [0.4, 0.5) is 0 Å². The van der Waals surface area contributed by atoms with E-state index in [1.54, 1.807) is 0 Å². The molecular weight excluding hydrogens is 208 g/mol. The van der Waals surface area contributed by atoms with Crippen LogP contribution in [0.2, 0.25) is 0 Å². The van der Waals surface area contributed by atoms with Crippen LogP contribution in [0.1, 0.15) is 91.4 Å². The van der Waals surface area contributed by atoms with E-state index in [0.29, 0.717) is 5.92 Å². The van der Waals surface area contributed by atoms with Crippen molar-refractivity contribution in [1.82, 2.24) is 0 Å². The van der Waals surface area contributed by atoms with E-state index in [4.69, 9.17) is 0 Å². The molecule has 0 amide bonds. The molecule has 0 aromatic carbocycles. The fraction of sp³-hybridized carbons (Fsp3) is 1.00. The predicted molar refractivity (Wildman–Crippen MR) is 77.3 cm³/mol. The number of hydrogen-bond donors (Lipinski definition) is 1. The summed E-state index contributed by atoms with van der Waals surface area (Å²) < 4.78 is 0. The van der Waals surface area contributed by atoms with Crippen molar-refractivity contribution >= 4 is 0 Å². The van der Waals surface area contributed by atoms with Crippen LogP contribution in [-0.2, 0) is 0 Å². The molecule has 0 aliphatic heterocycles. The van der Waals surface area contributed by atoms with Crippen LogP contribution < -0.4 is 0 Å². The summed E-state index contributed by atoms with van der Waals surface area (Å²) in [4.78, 5) is 0. The molecule has 17 heavy (non-hydrogen) atoms. The van der Waals surface area contributed by atoms with Crippen molar-refractivity contribution in [2.24, 2.45) is 5.92 Å². The highest BCUT2D eigenvalue weighted by Gasteiger charge is 2.15. The summed E-state index contributed by atoms with van der Waals surface area (Å²) in [6.07, 6.45) is 13.8. The first-order chi connectivity index (χ1) is 8.26. The maximum atomic E-state index is 10.1. The van der Waals surface area contributed by atoms with Crippen LogP contribution in [-0.4, -0.2) is 11.2 Å². The number of rotatable bonds is 12. The van der Waals surface area contributed by atoms with Gasteiger partial charge in [0.15, 0.2) is 0 Å². The zero-order chi connectivity index (χ0) is 12.9. The molecule has 0 bridgehead atoms. The van der Waals surface area contributed by atoms with E-state index in [9.17, 15) is 5.11 Å². The van der Waals surface area contributed by atoms with Gasteiger partial charge in [-0.1, -0.05) is 78.6 Å². The number of aliphatic hydroxyl groups excluding tert-OH is 1. The van der Waals surface area contributed by atoms with E-state index in [1.165, 1.54) is 57.8 Å². The molecular formula is C16H34O. The zero-order valence-corrected chi connectivity index (χ0v) is 12.4. The van der Waals surface area contributed by atoms with E-state index in [-0.39, 0.29) is 6.10 Å². The van der Waals surface area contributed by atoms with Crippen LogP contribution in [0.25, 0.3) is 0 Å². The van der Waals surface area contributed by atoms with Crippen molar-refractivity contribution in [2.45, 2.75) is 97.5 Å². The molecule has 0 spiro atoms. The van der Waals surface area contributed by atoms with Crippen LogP contribution in [0.5, 0.6) is 0 Å². The Bertz CT molecular complexity index is 144. The molecule has 0 aliphatic rings. The van der Waals surface area contributed by atoms with E-state index in [2.05, 4.69) is 20.8 Å². The number of unbranched alkanes of at least 4 members (excludes halogenated alkanes) is 6. The van der Waals surface area contributed by atoms with Gasteiger partial charge in [0, 0.05) is 0 Å². The molecule has 0 radical (unpaired) electrons. The summed E-state index contributed by atoms with van der Waals surface area (Å²) in [5, 5.41) is 10.1. The third-order valence-electron chi connectivity index (χ3n) is 3.85. The number of hydrogen-bond acceptors (Lipinski definition) is 1. The lowest BCUT2D eigenvalue weighted by Gasteiger charge is -2.21. The molecule has 1 N–H and O–H groups in total. The monoisotopic (exact) mass is 242 g/mol. The predicted octanol–water partition coefficient (Wildman–Crippen LogP) is 5.31. The zero-order valence-electron chi connectivity index (χ0n) is 12.4. The molecule has 0 heterocycles. The van der Waals surface area contributed by atoms with Crippen molar-refractivity contribution in [3.63, 3.8) is 0 Å². The van der Waals surface area contributed by atoms with Crippen molar-refractivity contribution in [3.05, 3.63) is 0 Å². The van der Waals surface area contributed by atoms with Crippen molar-refractivity contribution in [3.8, 4) is 0 Å². The number of aliphatic hydroxyl groups is 1. The first-order valence-corrected chi connectivity index (χ1v) is 7.94. The first-order valence-electron chi connectivity index (χ1n) is 7.94. The average Bonchev–Trinajstić information content (AvgIpc) is 2.34. The van der Waals surface area contributed by atoms with E-state index >= 15 is 0 Å². The highest BCUT2D eigenvalue weighted by molar-refractivity contribution is 4.67. The van der Waals surface area contributed by atoms with Gasteiger partial charge in [0.1, 0.15) is 0 Å². The third kappa shape index (κ3) is 9.64. The Hall–Kier alpha value is -0.0400. The largest absolute Gasteiger partial charge is 0.393 e. The second-order valence-electron chi connectivity index (χ2n) is 5.43. The van der Waals surface area contributed by atoms with Gasteiger partial charge in [-0.25, -0.2) is 0 Å². The normalized spacial score (nSPS) is 14.8. The van der Waals surface area contributed by atoms with Crippen molar-refractivity contribution in [1.29, 1.82) is 0 Å². The lowest BCUT2D eigenvalue weighted by atomic mass is 9.90. The topological polar surface area (TPSA) is 20.2 Å². The highest BCUT2D eigenvalue weighted by atomic mass is 16.3. The molecule has 0 rings (SSSR count). The minimum absolute atomic E-state index is 0.0438. The Labute approximate surface area is 109 Å². The lowest BCUT2D eigenvalue weighted by Crippen LogP contribution is -2.19. The molecule has 1 heteroatoms. The molecule has 0 fully saturated rings. The maximum absolute atomic E-state index is 10.1. The van der Waals surface area contributed by atoms with Gasteiger partial charge in [-0.15, -0.1) is 0 Å². The van der Waals surface area contributed by atoms with Gasteiger partial charge in [0.05, 0.1) is 6.10 Å². The molecule has 104 valence electrons. The quantitative estimate of drug-likeness (QED) is 0.460. The summed E-state index contributed by atoms with van der Waals surface area (Å²) in [6, 6.07) is 0. The minimum Gasteiger partial charge on any atom is -0.393 e. The third-order valence-corrected chi connectivity index (χ3v) is 3.85. The van der Waals surface area contributed by atoms with Crippen LogP contribution in [0.3, 0.4) is 0 Å². The molecule has 0 aromatic rings. The molecule has 2 unspecified atom stereocenters. The van der Waals surface area contributed by atoms with Crippen LogP contribution in [0, 0.1) is 5.92 Å². The molecule has 0 saturated carbocycles. The second-order valence-corrected chi connectivity index (χ2v) is 5.43. The smallest absolute Gasteiger partial charge is 0.0568 e. The molecule has 1 nitrogen and oxygen atoms in total. The average molecular weight is 242 g/mol. The Morgan fingerprint density at radius 3 is 1.88 bits per heavy atom. The Morgan fingerprint density at radius 2 is 1.29 bits per heavy atom. The summed E-state index contributed by atoms with van der Waals surface area (Å²) in [6.45, 7) is 6.70. The van der Waals surface area contributed by atoms with E-state index in [0.717, 1.165) is 12.8 Å². The first kappa shape index (κ1) is 17.0. The Morgan fingerprint density at radius 1 is 0.706 bits per heavy atom. The van der Waals surface area contributed by atoms with E-state index < -0.39 is 0 Å². The fourth-order valence-corrected chi connectivity index (χ4v) is 2.50. The standard InChI is InChI=1S/C16H34O/c1-4-7-9-10-11-12-14-16(17)15(6-3)13-8-5-2/h15-17H,4-14H2,1-3H3. The molecule has 0 saturated heterocycles. The van der Waals surface area contributed by atoms with Gasteiger partial charge < -0.3 is 5.11 Å². The van der Waals surface area contributed by atoms with Crippen LogP contribution in [0.15, 0.2) is 0 Å². The van der Waals surface area contributed by atoms with Gasteiger partial charge in [-0.05, 0) is 18.8 Å².